The fourth-order valence-electron chi connectivity index (χ4n) is 2.71. The summed E-state index contributed by atoms with van der Waals surface area (Å²) in [5.74, 6) is 1.63. The molecular formula is C14H29NO. The molecule has 1 aliphatic rings. The Labute approximate surface area is 101 Å². The summed E-state index contributed by atoms with van der Waals surface area (Å²) in [5.41, 5.74) is 0.0209. The molecule has 0 saturated carbocycles. The SMILES string of the molecule is CC1CC(C)CN(CCC(O)C(C)(C)C)C1. The molecule has 96 valence electrons. The van der Waals surface area contributed by atoms with Gasteiger partial charge < -0.3 is 10.0 Å². The van der Waals surface area contributed by atoms with E-state index in [4.69, 9.17) is 0 Å². The smallest absolute Gasteiger partial charge is 0.0600 e. The highest BCUT2D eigenvalue weighted by Gasteiger charge is 2.25. The zero-order chi connectivity index (χ0) is 12.3. The molecule has 0 aromatic carbocycles. The molecule has 1 fully saturated rings. The van der Waals surface area contributed by atoms with Crippen LogP contribution in [0, 0.1) is 17.3 Å². The van der Waals surface area contributed by atoms with Crippen LogP contribution in [-0.4, -0.2) is 35.7 Å². The predicted octanol–water partition coefficient (Wildman–Crippen LogP) is 2.76. The summed E-state index contributed by atoms with van der Waals surface area (Å²) in [4.78, 5) is 2.52. The fraction of sp³-hybridized carbons (Fsp3) is 1.00. The van der Waals surface area contributed by atoms with Crippen LogP contribution >= 0.6 is 0 Å². The van der Waals surface area contributed by atoms with E-state index < -0.39 is 0 Å². The fourth-order valence-corrected chi connectivity index (χ4v) is 2.71. The molecule has 0 spiro atoms. The van der Waals surface area contributed by atoms with Crippen molar-refractivity contribution < 1.29 is 5.11 Å². The van der Waals surface area contributed by atoms with Crippen LogP contribution in [0.4, 0.5) is 0 Å². The lowest BCUT2D eigenvalue weighted by molar-refractivity contribution is 0.0370. The van der Waals surface area contributed by atoms with E-state index in [1.54, 1.807) is 0 Å². The van der Waals surface area contributed by atoms with Gasteiger partial charge in [-0.05, 0) is 30.1 Å². The van der Waals surface area contributed by atoms with Crippen LogP contribution < -0.4 is 0 Å². The second kappa shape index (κ2) is 5.50. The summed E-state index contributed by atoms with van der Waals surface area (Å²) in [6, 6.07) is 0. The number of piperidine rings is 1. The normalized spacial score (nSPS) is 30.4. The molecule has 1 heterocycles. The van der Waals surface area contributed by atoms with E-state index in [0.29, 0.717) is 0 Å². The molecule has 16 heavy (non-hydrogen) atoms. The van der Waals surface area contributed by atoms with E-state index in [9.17, 15) is 5.11 Å². The van der Waals surface area contributed by atoms with Crippen LogP contribution in [0.25, 0.3) is 0 Å². The Morgan fingerprint density at radius 2 is 1.69 bits per heavy atom. The van der Waals surface area contributed by atoms with E-state index in [1.807, 2.05) is 0 Å². The molecular weight excluding hydrogens is 198 g/mol. The molecule has 0 aliphatic carbocycles. The van der Waals surface area contributed by atoms with Gasteiger partial charge in [-0.2, -0.15) is 0 Å². The summed E-state index contributed by atoms with van der Waals surface area (Å²) in [6.07, 6.45) is 2.08. The predicted molar refractivity (Wildman–Crippen MR) is 69.5 cm³/mol. The first kappa shape index (κ1) is 14.0. The second-order valence-electron chi connectivity index (χ2n) is 6.88. The molecule has 2 nitrogen and oxygen atoms in total. The van der Waals surface area contributed by atoms with Crippen LogP contribution in [0.5, 0.6) is 0 Å². The van der Waals surface area contributed by atoms with Crippen molar-refractivity contribution in [1.82, 2.24) is 4.90 Å². The molecule has 1 aliphatic heterocycles. The third-order valence-corrected chi connectivity index (χ3v) is 3.66. The van der Waals surface area contributed by atoms with Crippen LogP contribution in [0.3, 0.4) is 0 Å². The summed E-state index contributed by atoms with van der Waals surface area (Å²) >= 11 is 0. The minimum Gasteiger partial charge on any atom is -0.393 e. The average Bonchev–Trinajstić information content (AvgIpc) is 2.11. The van der Waals surface area contributed by atoms with Gasteiger partial charge >= 0.3 is 0 Å². The van der Waals surface area contributed by atoms with Gasteiger partial charge in [0.25, 0.3) is 0 Å². The molecule has 0 amide bonds. The van der Waals surface area contributed by atoms with Gasteiger partial charge in [-0.15, -0.1) is 0 Å². The number of aliphatic hydroxyl groups is 1. The van der Waals surface area contributed by atoms with Gasteiger partial charge in [0.1, 0.15) is 0 Å². The molecule has 0 bridgehead atoms. The van der Waals surface area contributed by atoms with E-state index in [-0.39, 0.29) is 11.5 Å². The third kappa shape index (κ3) is 4.42. The Balaban J connectivity index is 2.32. The highest BCUT2D eigenvalue weighted by Crippen LogP contribution is 2.24. The largest absolute Gasteiger partial charge is 0.393 e. The molecule has 3 atom stereocenters. The summed E-state index contributed by atoms with van der Waals surface area (Å²) < 4.78 is 0. The Kier molecular flexibility index (Phi) is 4.81. The third-order valence-electron chi connectivity index (χ3n) is 3.66. The van der Waals surface area contributed by atoms with E-state index in [1.165, 1.54) is 19.5 Å². The maximum absolute atomic E-state index is 10.0. The highest BCUT2D eigenvalue weighted by atomic mass is 16.3. The highest BCUT2D eigenvalue weighted by molar-refractivity contribution is 4.78. The number of nitrogens with zero attached hydrogens (tertiary/aromatic N) is 1. The molecule has 0 aromatic heterocycles. The molecule has 1 N–H and O–H groups in total. The van der Waals surface area contributed by atoms with Crippen LogP contribution in [0.15, 0.2) is 0 Å². The van der Waals surface area contributed by atoms with Crippen LogP contribution in [-0.2, 0) is 0 Å². The van der Waals surface area contributed by atoms with Crippen LogP contribution in [0.2, 0.25) is 0 Å². The zero-order valence-electron chi connectivity index (χ0n) is 11.7. The first-order valence-electron chi connectivity index (χ1n) is 6.69. The van der Waals surface area contributed by atoms with Crippen molar-refractivity contribution in [3.05, 3.63) is 0 Å². The lowest BCUT2D eigenvalue weighted by Crippen LogP contribution is -2.41. The maximum atomic E-state index is 10.0. The van der Waals surface area contributed by atoms with Gasteiger partial charge in [-0.25, -0.2) is 0 Å². The number of hydrogen-bond donors (Lipinski definition) is 1. The Morgan fingerprint density at radius 3 is 2.12 bits per heavy atom. The van der Waals surface area contributed by atoms with Crippen molar-refractivity contribution >= 4 is 0 Å². The van der Waals surface area contributed by atoms with Crippen LogP contribution in [0.1, 0.15) is 47.5 Å². The van der Waals surface area contributed by atoms with E-state index in [2.05, 4.69) is 39.5 Å². The molecule has 1 rings (SSSR count). The molecule has 0 radical (unpaired) electrons. The zero-order valence-corrected chi connectivity index (χ0v) is 11.7. The monoisotopic (exact) mass is 227 g/mol. The van der Waals surface area contributed by atoms with Gasteiger partial charge in [0.05, 0.1) is 6.10 Å². The van der Waals surface area contributed by atoms with Crippen molar-refractivity contribution in [1.29, 1.82) is 0 Å². The molecule has 2 heteroatoms. The van der Waals surface area contributed by atoms with Gasteiger partial charge in [-0.3, -0.25) is 0 Å². The maximum Gasteiger partial charge on any atom is 0.0600 e. The number of aliphatic hydroxyl groups excluding tert-OH is 1. The second-order valence-corrected chi connectivity index (χ2v) is 6.88. The van der Waals surface area contributed by atoms with E-state index >= 15 is 0 Å². The van der Waals surface area contributed by atoms with Gasteiger partial charge in [0.2, 0.25) is 0 Å². The van der Waals surface area contributed by atoms with Crippen molar-refractivity contribution in [2.24, 2.45) is 17.3 Å². The minimum absolute atomic E-state index is 0.0209. The Hall–Kier alpha value is -0.0800. The van der Waals surface area contributed by atoms with Crippen molar-refractivity contribution in [3.63, 3.8) is 0 Å². The molecule has 0 aromatic rings. The molecule has 1 saturated heterocycles. The minimum atomic E-state index is -0.181. The Bertz CT molecular complexity index is 199. The van der Waals surface area contributed by atoms with Crippen molar-refractivity contribution in [3.8, 4) is 0 Å². The standard InChI is InChI=1S/C14H29NO/c1-11-8-12(2)10-15(9-11)7-6-13(16)14(3,4)5/h11-13,16H,6-10H2,1-5H3. The van der Waals surface area contributed by atoms with Gasteiger partial charge in [-0.1, -0.05) is 34.6 Å². The first-order chi connectivity index (χ1) is 7.29. The quantitative estimate of drug-likeness (QED) is 0.801. The summed E-state index contributed by atoms with van der Waals surface area (Å²) in [6.45, 7) is 14.5. The first-order valence-corrected chi connectivity index (χ1v) is 6.69. The summed E-state index contributed by atoms with van der Waals surface area (Å²) in [7, 11) is 0. The number of likely N-dealkylation sites (tertiary alicyclic amines) is 1. The van der Waals surface area contributed by atoms with E-state index in [0.717, 1.165) is 24.8 Å². The number of rotatable bonds is 3. The lowest BCUT2D eigenvalue weighted by Gasteiger charge is -2.36. The molecule has 3 unspecified atom stereocenters. The number of hydrogen-bond acceptors (Lipinski definition) is 2. The van der Waals surface area contributed by atoms with Crippen molar-refractivity contribution in [2.75, 3.05) is 19.6 Å². The lowest BCUT2D eigenvalue weighted by atomic mass is 9.86. The van der Waals surface area contributed by atoms with Crippen molar-refractivity contribution in [2.45, 2.75) is 53.6 Å². The average molecular weight is 227 g/mol. The van der Waals surface area contributed by atoms with Gasteiger partial charge in [0.15, 0.2) is 0 Å². The Morgan fingerprint density at radius 1 is 1.19 bits per heavy atom. The summed E-state index contributed by atoms with van der Waals surface area (Å²) in [5, 5.41) is 10.0. The van der Waals surface area contributed by atoms with Gasteiger partial charge in [0, 0.05) is 19.6 Å². The topological polar surface area (TPSA) is 23.5 Å².